The predicted molar refractivity (Wildman–Crippen MR) is 50.6 cm³/mol. The highest BCUT2D eigenvalue weighted by Gasteiger charge is 2.48. The number of nitrogens with two attached hydrogens (primary N) is 1. The van der Waals surface area contributed by atoms with Crippen LogP contribution >= 0.6 is 0 Å². The second-order valence-electron chi connectivity index (χ2n) is 4.06. The summed E-state index contributed by atoms with van der Waals surface area (Å²) in [6.07, 6.45) is 1.70. The Morgan fingerprint density at radius 1 is 1.57 bits per heavy atom. The summed E-state index contributed by atoms with van der Waals surface area (Å²) in [6, 6.07) is -0.674. The average molecular weight is 200 g/mol. The lowest BCUT2D eigenvalue weighted by molar-refractivity contribution is -0.148. The first-order chi connectivity index (χ1) is 6.38. The molecule has 0 aromatic heterocycles. The molecule has 1 saturated carbocycles. The minimum absolute atomic E-state index is 0.0442. The van der Waals surface area contributed by atoms with E-state index in [1.165, 1.54) is 13.8 Å². The van der Waals surface area contributed by atoms with Gasteiger partial charge in [0.05, 0.1) is 6.04 Å². The van der Waals surface area contributed by atoms with Gasteiger partial charge in [0.1, 0.15) is 5.54 Å². The fraction of sp³-hybridized carbons (Fsp3) is 0.778. The highest BCUT2D eigenvalue weighted by Crippen LogP contribution is 2.39. The third-order valence-electron chi connectivity index (χ3n) is 2.63. The molecule has 1 rings (SSSR count). The van der Waals surface area contributed by atoms with E-state index in [2.05, 4.69) is 5.32 Å². The second kappa shape index (κ2) is 3.57. The molecular weight excluding hydrogens is 184 g/mol. The van der Waals surface area contributed by atoms with Gasteiger partial charge in [-0.25, -0.2) is 4.79 Å². The fourth-order valence-electron chi connectivity index (χ4n) is 1.36. The van der Waals surface area contributed by atoms with Crippen molar-refractivity contribution in [1.29, 1.82) is 0 Å². The number of rotatable bonds is 4. The number of hydrogen-bond donors (Lipinski definition) is 3. The first kappa shape index (κ1) is 11.0. The summed E-state index contributed by atoms with van der Waals surface area (Å²) in [5.74, 6) is -1.36. The van der Waals surface area contributed by atoms with Gasteiger partial charge in [-0.05, 0) is 32.6 Å². The average Bonchev–Trinajstić information content (AvgIpc) is 2.85. The summed E-state index contributed by atoms with van der Waals surface area (Å²) in [6.45, 7) is 3.07. The molecule has 80 valence electrons. The lowest BCUT2D eigenvalue weighted by Crippen LogP contribution is -2.57. The van der Waals surface area contributed by atoms with Crippen LogP contribution in [0.1, 0.15) is 26.7 Å². The van der Waals surface area contributed by atoms with Gasteiger partial charge in [-0.1, -0.05) is 0 Å². The highest BCUT2D eigenvalue weighted by molar-refractivity contribution is 5.89. The molecule has 4 N–H and O–H groups in total. The number of carboxylic acids is 1. The van der Waals surface area contributed by atoms with Gasteiger partial charge in [0.2, 0.25) is 5.91 Å². The van der Waals surface area contributed by atoms with E-state index in [9.17, 15) is 9.59 Å². The number of carbonyl (C=O) groups is 2. The Morgan fingerprint density at radius 3 is 2.36 bits per heavy atom. The molecule has 0 heterocycles. The normalized spacial score (nSPS) is 22.2. The standard InChI is InChI=1S/C9H16N2O3/c1-5(10)7(12)11-9(2,8(13)14)6-3-4-6/h5-6H,3-4,10H2,1-2H3,(H,11,12)(H,13,14)/t5-,9?/m0/s1. The molecule has 0 aromatic rings. The van der Waals surface area contributed by atoms with Crippen LogP contribution in [0.25, 0.3) is 0 Å². The molecule has 5 heteroatoms. The van der Waals surface area contributed by atoms with Crippen molar-refractivity contribution in [3.8, 4) is 0 Å². The first-order valence-corrected chi connectivity index (χ1v) is 4.69. The Hall–Kier alpha value is -1.10. The number of nitrogens with one attached hydrogen (secondary N) is 1. The van der Waals surface area contributed by atoms with Crippen molar-refractivity contribution in [1.82, 2.24) is 5.32 Å². The van der Waals surface area contributed by atoms with E-state index in [4.69, 9.17) is 10.8 Å². The van der Waals surface area contributed by atoms with Crippen LogP contribution in [0.3, 0.4) is 0 Å². The molecule has 0 radical (unpaired) electrons. The molecule has 1 aliphatic rings. The Labute approximate surface area is 82.7 Å². The van der Waals surface area contributed by atoms with Crippen LogP contribution in [-0.4, -0.2) is 28.6 Å². The van der Waals surface area contributed by atoms with Crippen LogP contribution in [-0.2, 0) is 9.59 Å². The Kier molecular flexibility index (Phi) is 2.80. The topological polar surface area (TPSA) is 92.4 Å². The lowest BCUT2D eigenvalue weighted by atomic mass is 9.95. The number of hydrogen-bond acceptors (Lipinski definition) is 3. The maximum absolute atomic E-state index is 11.3. The molecular formula is C9H16N2O3. The van der Waals surface area contributed by atoms with E-state index < -0.39 is 23.5 Å². The van der Waals surface area contributed by atoms with E-state index in [0.717, 1.165) is 12.8 Å². The second-order valence-corrected chi connectivity index (χ2v) is 4.06. The molecule has 5 nitrogen and oxygen atoms in total. The van der Waals surface area contributed by atoms with Crippen LogP contribution in [0.15, 0.2) is 0 Å². The summed E-state index contributed by atoms with van der Waals surface area (Å²) in [7, 11) is 0. The smallest absolute Gasteiger partial charge is 0.329 e. The first-order valence-electron chi connectivity index (χ1n) is 4.69. The summed E-state index contributed by atoms with van der Waals surface area (Å²) >= 11 is 0. The van der Waals surface area contributed by atoms with Crippen molar-refractivity contribution < 1.29 is 14.7 Å². The van der Waals surface area contributed by atoms with Gasteiger partial charge in [-0.15, -0.1) is 0 Å². The largest absolute Gasteiger partial charge is 0.480 e. The third kappa shape index (κ3) is 2.04. The summed E-state index contributed by atoms with van der Waals surface area (Å²) in [5.41, 5.74) is 4.21. The van der Waals surface area contributed by atoms with Gasteiger partial charge in [0, 0.05) is 0 Å². The van der Waals surface area contributed by atoms with Crippen LogP contribution < -0.4 is 11.1 Å². The zero-order valence-electron chi connectivity index (χ0n) is 8.41. The van der Waals surface area contributed by atoms with E-state index in [-0.39, 0.29) is 5.92 Å². The molecule has 14 heavy (non-hydrogen) atoms. The predicted octanol–water partition coefficient (Wildman–Crippen LogP) is -0.297. The van der Waals surface area contributed by atoms with Gasteiger partial charge in [-0.3, -0.25) is 4.79 Å². The van der Waals surface area contributed by atoms with Gasteiger partial charge in [0.15, 0.2) is 0 Å². The van der Waals surface area contributed by atoms with Gasteiger partial charge < -0.3 is 16.2 Å². The number of carboxylic acid groups (broad SMARTS) is 1. The molecule has 0 spiro atoms. The Bertz CT molecular complexity index is 261. The van der Waals surface area contributed by atoms with Crippen LogP contribution in [0, 0.1) is 5.92 Å². The van der Waals surface area contributed by atoms with Crippen LogP contribution in [0.2, 0.25) is 0 Å². The molecule has 1 aliphatic carbocycles. The molecule has 0 bridgehead atoms. The summed E-state index contributed by atoms with van der Waals surface area (Å²) in [4.78, 5) is 22.3. The minimum Gasteiger partial charge on any atom is -0.480 e. The quantitative estimate of drug-likeness (QED) is 0.581. The Balaban J connectivity index is 2.69. The Morgan fingerprint density at radius 2 is 2.07 bits per heavy atom. The maximum atomic E-state index is 11.3. The highest BCUT2D eigenvalue weighted by atomic mass is 16.4. The molecule has 0 aliphatic heterocycles. The molecule has 1 amide bonds. The third-order valence-corrected chi connectivity index (χ3v) is 2.63. The van der Waals surface area contributed by atoms with Crippen molar-refractivity contribution >= 4 is 11.9 Å². The molecule has 1 unspecified atom stereocenters. The minimum atomic E-state index is -1.15. The zero-order valence-corrected chi connectivity index (χ0v) is 8.41. The van der Waals surface area contributed by atoms with Gasteiger partial charge >= 0.3 is 5.97 Å². The van der Waals surface area contributed by atoms with Crippen molar-refractivity contribution in [2.24, 2.45) is 11.7 Å². The fourth-order valence-corrected chi connectivity index (χ4v) is 1.36. The van der Waals surface area contributed by atoms with Gasteiger partial charge in [-0.2, -0.15) is 0 Å². The van der Waals surface area contributed by atoms with Crippen molar-refractivity contribution in [2.75, 3.05) is 0 Å². The van der Waals surface area contributed by atoms with Crippen LogP contribution in [0.5, 0.6) is 0 Å². The maximum Gasteiger partial charge on any atom is 0.329 e. The molecule has 0 saturated heterocycles. The van der Waals surface area contributed by atoms with E-state index in [1.807, 2.05) is 0 Å². The van der Waals surface area contributed by atoms with E-state index in [0.29, 0.717) is 0 Å². The molecule has 2 atom stereocenters. The SMILES string of the molecule is C[C@H](N)C(=O)NC(C)(C(=O)O)C1CC1. The molecule has 1 fully saturated rings. The van der Waals surface area contributed by atoms with Gasteiger partial charge in [0.25, 0.3) is 0 Å². The van der Waals surface area contributed by atoms with Crippen molar-refractivity contribution in [3.63, 3.8) is 0 Å². The van der Waals surface area contributed by atoms with Crippen molar-refractivity contribution in [3.05, 3.63) is 0 Å². The summed E-state index contributed by atoms with van der Waals surface area (Å²) < 4.78 is 0. The number of aliphatic carboxylic acids is 1. The monoisotopic (exact) mass is 200 g/mol. The van der Waals surface area contributed by atoms with E-state index in [1.54, 1.807) is 0 Å². The molecule has 0 aromatic carbocycles. The number of carbonyl (C=O) groups excluding carboxylic acids is 1. The lowest BCUT2D eigenvalue weighted by Gasteiger charge is -2.26. The van der Waals surface area contributed by atoms with Crippen molar-refractivity contribution in [2.45, 2.75) is 38.3 Å². The van der Waals surface area contributed by atoms with Crippen LogP contribution in [0.4, 0.5) is 0 Å². The number of amides is 1. The van der Waals surface area contributed by atoms with E-state index >= 15 is 0 Å². The summed E-state index contributed by atoms with van der Waals surface area (Å²) in [5, 5.41) is 11.5. The zero-order chi connectivity index (χ0) is 10.9.